The van der Waals surface area contributed by atoms with Gasteiger partial charge in [0, 0.05) is 29.4 Å². The fourth-order valence-electron chi connectivity index (χ4n) is 3.63. The summed E-state index contributed by atoms with van der Waals surface area (Å²) < 4.78 is 28.4. The van der Waals surface area contributed by atoms with Crippen LogP contribution in [0.5, 0.6) is 0 Å². The van der Waals surface area contributed by atoms with Crippen molar-refractivity contribution in [2.45, 2.75) is 24.8 Å². The van der Waals surface area contributed by atoms with Gasteiger partial charge in [-0.15, -0.1) is 0 Å². The van der Waals surface area contributed by atoms with Crippen molar-refractivity contribution in [1.82, 2.24) is 4.90 Å². The van der Waals surface area contributed by atoms with Gasteiger partial charge in [0.25, 0.3) is 15.9 Å². The van der Waals surface area contributed by atoms with Crippen molar-refractivity contribution in [2.75, 3.05) is 11.3 Å². The Balaban J connectivity index is 1.57. The first kappa shape index (κ1) is 20.4. The predicted molar refractivity (Wildman–Crippen MR) is 118 cm³/mol. The molecule has 1 aliphatic rings. The van der Waals surface area contributed by atoms with E-state index in [1.54, 1.807) is 48.2 Å². The molecule has 0 aliphatic carbocycles. The summed E-state index contributed by atoms with van der Waals surface area (Å²) in [4.78, 5) is 14.7. The van der Waals surface area contributed by atoms with Crippen LogP contribution in [0.15, 0.2) is 71.6 Å². The van der Waals surface area contributed by atoms with Gasteiger partial charge in [0.15, 0.2) is 0 Å². The Morgan fingerprint density at radius 2 is 1.77 bits per heavy atom. The fourth-order valence-corrected chi connectivity index (χ4v) is 5.19. The van der Waals surface area contributed by atoms with E-state index in [2.05, 4.69) is 4.72 Å². The number of carbonyl (C=O) groups excluding carboxylic acids is 1. The van der Waals surface area contributed by atoms with Gasteiger partial charge in [-0.25, -0.2) is 8.42 Å². The molecular formula is C23H21ClN2O3S. The first-order chi connectivity index (χ1) is 14.3. The zero-order valence-corrected chi connectivity index (χ0v) is 18.0. The maximum Gasteiger partial charge on any atom is 0.262 e. The van der Waals surface area contributed by atoms with E-state index in [1.807, 2.05) is 24.3 Å². The third kappa shape index (κ3) is 4.20. The number of aryl methyl sites for hydroxylation is 1. The van der Waals surface area contributed by atoms with Crippen molar-refractivity contribution in [1.29, 1.82) is 0 Å². The number of nitrogens with one attached hydrogen (secondary N) is 1. The number of sulfonamides is 1. The van der Waals surface area contributed by atoms with E-state index in [9.17, 15) is 13.2 Å². The number of anilines is 1. The number of carbonyl (C=O) groups is 1. The molecule has 0 bridgehead atoms. The van der Waals surface area contributed by atoms with E-state index in [0.717, 1.165) is 17.5 Å². The van der Waals surface area contributed by atoms with Crippen LogP contribution < -0.4 is 4.72 Å². The first-order valence-corrected chi connectivity index (χ1v) is 11.4. The lowest BCUT2D eigenvalue weighted by atomic mass is 9.98. The van der Waals surface area contributed by atoms with Crippen LogP contribution in [0.25, 0.3) is 0 Å². The zero-order valence-electron chi connectivity index (χ0n) is 16.4. The summed E-state index contributed by atoms with van der Waals surface area (Å²) in [5.74, 6) is -0.0261. The highest BCUT2D eigenvalue weighted by Crippen LogP contribution is 2.27. The van der Waals surface area contributed by atoms with E-state index in [-0.39, 0.29) is 10.8 Å². The van der Waals surface area contributed by atoms with Gasteiger partial charge in [-0.1, -0.05) is 41.9 Å². The lowest BCUT2D eigenvalue weighted by molar-refractivity contribution is 0.0734. The van der Waals surface area contributed by atoms with Crippen LogP contribution in [0.4, 0.5) is 5.69 Å². The molecule has 5 nitrogen and oxygen atoms in total. The molecule has 30 heavy (non-hydrogen) atoms. The van der Waals surface area contributed by atoms with Crippen LogP contribution >= 0.6 is 11.6 Å². The van der Waals surface area contributed by atoms with Crippen molar-refractivity contribution in [2.24, 2.45) is 0 Å². The molecule has 7 heteroatoms. The molecule has 1 aliphatic heterocycles. The molecule has 3 aromatic carbocycles. The SMILES string of the molecule is Cc1ccc(Cl)cc1S(=O)(=O)Nc1ccc2c(c1)CN(C(=O)c1ccccc1)CC2. The van der Waals surface area contributed by atoms with E-state index in [4.69, 9.17) is 11.6 Å². The number of hydrogen-bond acceptors (Lipinski definition) is 3. The Labute approximate surface area is 181 Å². The predicted octanol–water partition coefficient (Wildman–Crippen LogP) is 4.65. The van der Waals surface area contributed by atoms with E-state index in [0.29, 0.717) is 34.9 Å². The summed E-state index contributed by atoms with van der Waals surface area (Å²) in [5, 5.41) is 0.362. The van der Waals surface area contributed by atoms with Crippen molar-refractivity contribution < 1.29 is 13.2 Å². The minimum atomic E-state index is -3.78. The third-order valence-electron chi connectivity index (χ3n) is 5.22. The second-order valence-electron chi connectivity index (χ2n) is 7.34. The molecule has 1 N–H and O–H groups in total. The molecular weight excluding hydrogens is 420 g/mol. The zero-order chi connectivity index (χ0) is 21.3. The van der Waals surface area contributed by atoms with Crippen molar-refractivity contribution in [3.05, 3.63) is 94.0 Å². The molecule has 154 valence electrons. The van der Waals surface area contributed by atoms with Gasteiger partial charge in [-0.05, 0) is 66.4 Å². The second-order valence-corrected chi connectivity index (χ2v) is 9.43. The largest absolute Gasteiger partial charge is 0.334 e. The molecule has 1 heterocycles. The van der Waals surface area contributed by atoms with Gasteiger partial charge < -0.3 is 4.90 Å². The summed E-state index contributed by atoms with van der Waals surface area (Å²) in [6.07, 6.45) is 0.730. The third-order valence-corrected chi connectivity index (χ3v) is 6.98. The second kappa shape index (κ2) is 8.13. The number of hydrogen-bond donors (Lipinski definition) is 1. The van der Waals surface area contributed by atoms with Crippen molar-refractivity contribution >= 4 is 33.2 Å². The number of halogens is 1. The lowest BCUT2D eigenvalue weighted by Gasteiger charge is -2.29. The summed E-state index contributed by atoms with van der Waals surface area (Å²) in [5.41, 5.74) is 3.78. The number of benzene rings is 3. The monoisotopic (exact) mass is 440 g/mol. The highest BCUT2D eigenvalue weighted by molar-refractivity contribution is 7.92. The maximum absolute atomic E-state index is 12.9. The van der Waals surface area contributed by atoms with E-state index >= 15 is 0 Å². The maximum atomic E-state index is 12.9. The normalized spacial score (nSPS) is 13.6. The Hall–Kier alpha value is -2.83. The molecule has 0 atom stereocenters. The van der Waals surface area contributed by atoms with Crippen LogP contribution in [0, 0.1) is 6.92 Å². The van der Waals surface area contributed by atoms with Crippen LogP contribution in [-0.2, 0) is 23.0 Å². The van der Waals surface area contributed by atoms with Crippen molar-refractivity contribution in [3.8, 4) is 0 Å². The van der Waals surface area contributed by atoms with Crippen molar-refractivity contribution in [3.63, 3.8) is 0 Å². The molecule has 0 aromatic heterocycles. The minimum absolute atomic E-state index is 0.0261. The van der Waals surface area contributed by atoms with Gasteiger partial charge in [-0.3, -0.25) is 9.52 Å². The van der Waals surface area contributed by atoms with Gasteiger partial charge in [-0.2, -0.15) is 0 Å². The molecule has 4 rings (SSSR count). The average molecular weight is 441 g/mol. The summed E-state index contributed by atoms with van der Waals surface area (Å²) in [6.45, 7) is 2.80. The van der Waals surface area contributed by atoms with Crippen LogP contribution in [0.2, 0.25) is 5.02 Å². The van der Waals surface area contributed by atoms with Gasteiger partial charge in [0.2, 0.25) is 0 Å². The van der Waals surface area contributed by atoms with Crippen LogP contribution in [-0.4, -0.2) is 25.8 Å². The first-order valence-electron chi connectivity index (χ1n) is 9.58. The van der Waals surface area contributed by atoms with Crippen LogP contribution in [0.3, 0.4) is 0 Å². The standard InChI is InChI=1S/C23H21ClN2O3S/c1-16-7-9-20(24)14-22(16)30(28,29)25-21-10-8-17-11-12-26(15-19(17)13-21)23(27)18-5-3-2-4-6-18/h2-10,13-14,25H,11-12,15H2,1H3. The van der Waals surface area contributed by atoms with Crippen LogP contribution in [0.1, 0.15) is 27.0 Å². The molecule has 0 spiro atoms. The minimum Gasteiger partial charge on any atom is -0.334 e. The van der Waals surface area contributed by atoms with Gasteiger partial charge in [0.05, 0.1) is 4.90 Å². The molecule has 0 radical (unpaired) electrons. The highest BCUT2D eigenvalue weighted by atomic mass is 35.5. The van der Waals surface area contributed by atoms with Gasteiger partial charge in [0.1, 0.15) is 0 Å². The fraction of sp³-hybridized carbons (Fsp3) is 0.174. The number of rotatable bonds is 4. The topological polar surface area (TPSA) is 66.5 Å². The number of fused-ring (bicyclic) bond motifs is 1. The average Bonchev–Trinajstić information content (AvgIpc) is 2.74. The Kier molecular flexibility index (Phi) is 5.54. The number of amides is 1. The van der Waals surface area contributed by atoms with Gasteiger partial charge >= 0.3 is 0 Å². The lowest BCUT2D eigenvalue weighted by Crippen LogP contribution is -2.36. The Morgan fingerprint density at radius 3 is 2.53 bits per heavy atom. The molecule has 3 aromatic rings. The molecule has 1 amide bonds. The Morgan fingerprint density at radius 1 is 1.00 bits per heavy atom. The summed E-state index contributed by atoms with van der Waals surface area (Å²) in [7, 11) is -3.78. The summed E-state index contributed by atoms with van der Waals surface area (Å²) >= 11 is 5.99. The Bertz CT molecular complexity index is 1210. The van der Waals surface area contributed by atoms with E-state index < -0.39 is 10.0 Å². The summed E-state index contributed by atoms with van der Waals surface area (Å²) in [6, 6.07) is 19.4. The quantitative estimate of drug-likeness (QED) is 0.642. The molecule has 0 saturated heterocycles. The molecule has 0 unspecified atom stereocenters. The van der Waals surface area contributed by atoms with E-state index in [1.165, 1.54) is 6.07 Å². The smallest absolute Gasteiger partial charge is 0.262 e. The molecule has 0 fully saturated rings. The number of nitrogens with zero attached hydrogens (tertiary/aromatic N) is 1. The highest BCUT2D eigenvalue weighted by Gasteiger charge is 2.23. The molecule has 0 saturated carbocycles.